The summed E-state index contributed by atoms with van der Waals surface area (Å²) < 4.78 is 1.00. The van der Waals surface area contributed by atoms with E-state index in [-0.39, 0.29) is 17.9 Å². The van der Waals surface area contributed by atoms with Gasteiger partial charge in [0.2, 0.25) is 0 Å². The number of rotatable bonds is 3. The summed E-state index contributed by atoms with van der Waals surface area (Å²) in [5.41, 5.74) is 1.09. The van der Waals surface area contributed by atoms with E-state index >= 15 is 0 Å². The van der Waals surface area contributed by atoms with Crippen LogP contribution in [0.25, 0.3) is 0 Å². The molecular weight excluding hydrogens is 314 g/mol. The van der Waals surface area contributed by atoms with Crippen molar-refractivity contribution >= 4 is 33.2 Å². The lowest BCUT2D eigenvalue weighted by Crippen LogP contribution is -2.36. The molecule has 0 radical (unpaired) electrons. The molecule has 1 saturated carbocycles. The van der Waals surface area contributed by atoms with Crippen molar-refractivity contribution in [3.8, 4) is 0 Å². The van der Waals surface area contributed by atoms with Crippen LogP contribution in [0.3, 0.4) is 0 Å². The number of nitrogens with one attached hydrogen (secondary N) is 1. The number of aliphatic hydroxyl groups is 1. The fourth-order valence-electron chi connectivity index (χ4n) is 2.31. The molecule has 1 amide bonds. The first-order valence-electron chi connectivity index (χ1n) is 6.30. The molecule has 1 fully saturated rings. The Morgan fingerprint density at radius 2 is 2.28 bits per heavy atom. The zero-order valence-corrected chi connectivity index (χ0v) is 12.8. The van der Waals surface area contributed by atoms with Crippen LogP contribution in [0.1, 0.15) is 40.9 Å². The minimum atomic E-state index is -0.254. The largest absolute Gasteiger partial charge is 0.393 e. The third-order valence-electron chi connectivity index (χ3n) is 3.47. The zero-order valence-electron chi connectivity index (χ0n) is 10.4. The summed E-state index contributed by atoms with van der Waals surface area (Å²) in [6.45, 7) is 2.55. The molecule has 2 atom stereocenters. The van der Waals surface area contributed by atoms with E-state index in [2.05, 4.69) is 21.2 Å². The third kappa shape index (κ3) is 3.33. The maximum atomic E-state index is 12.0. The fraction of sp³-hybridized carbons (Fsp3) is 0.615. The lowest BCUT2D eigenvalue weighted by atomic mass is 9.86. The predicted octanol–water partition coefficient (Wildman–Crippen LogP) is 3.10. The first kappa shape index (κ1) is 14.0. The number of thiophene rings is 1. The fourth-order valence-corrected chi connectivity index (χ4v) is 3.76. The molecule has 1 aliphatic carbocycles. The Hall–Kier alpha value is -0.390. The minimum Gasteiger partial charge on any atom is -0.393 e. The van der Waals surface area contributed by atoms with Crippen molar-refractivity contribution in [3.63, 3.8) is 0 Å². The van der Waals surface area contributed by atoms with Crippen molar-refractivity contribution in [2.45, 2.75) is 38.7 Å². The van der Waals surface area contributed by atoms with Crippen molar-refractivity contribution in [1.29, 1.82) is 0 Å². The van der Waals surface area contributed by atoms with Crippen LogP contribution in [0.2, 0.25) is 0 Å². The highest BCUT2D eigenvalue weighted by Gasteiger charge is 2.23. The van der Waals surface area contributed by atoms with Crippen LogP contribution in [0.5, 0.6) is 0 Å². The van der Waals surface area contributed by atoms with Gasteiger partial charge in [0.25, 0.3) is 5.91 Å². The third-order valence-corrected chi connectivity index (χ3v) is 5.61. The van der Waals surface area contributed by atoms with Crippen LogP contribution >= 0.6 is 27.3 Å². The molecule has 1 aliphatic rings. The quantitative estimate of drug-likeness (QED) is 0.894. The van der Waals surface area contributed by atoms with Crippen molar-refractivity contribution < 1.29 is 9.90 Å². The molecule has 0 aliphatic heterocycles. The van der Waals surface area contributed by atoms with Gasteiger partial charge in [0.15, 0.2) is 0 Å². The highest BCUT2D eigenvalue weighted by molar-refractivity contribution is 9.11. The Kier molecular flexibility index (Phi) is 4.81. The minimum absolute atomic E-state index is 0.0356. The predicted molar refractivity (Wildman–Crippen MR) is 77.1 cm³/mol. The number of hydrogen-bond donors (Lipinski definition) is 2. The number of carbonyl (C=O) groups is 1. The Morgan fingerprint density at radius 3 is 2.89 bits per heavy atom. The SMILES string of the molecule is Cc1cc(C(=O)NCC2CCCCC2O)sc1Br. The van der Waals surface area contributed by atoms with E-state index < -0.39 is 0 Å². The molecule has 0 spiro atoms. The molecule has 3 nitrogen and oxygen atoms in total. The molecule has 0 aromatic carbocycles. The molecule has 18 heavy (non-hydrogen) atoms. The second-order valence-corrected chi connectivity index (χ2v) is 7.26. The molecule has 1 aromatic rings. The average molecular weight is 332 g/mol. The normalized spacial score (nSPS) is 23.9. The summed E-state index contributed by atoms with van der Waals surface area (Å²) in [5.74, 6) is 0.179. The summed E-state index contributed by atoms with van der Waals surface area (Å²) >= 11 is 4.87. The van der Waals surface area contributed by atoms with Crippen LogP contribution in [0, 0.1) is 12.8 Å². The Bertz CT molecular complexity index is 413. The van der Waals surface area contributed by atoms with E-state index in [1.165, 1.54) is 11.3 Å². The molecule has 1 aromatic heterocycles. The van der Waals surface area contributed by atoms with E-state index in [1.54, 1.807) is 0 Å². The van der Waals surface area contributed by atoms with Gasteiger partial charge in [-0.15, -0.1) is 11.3 Å². The van der Waals surface area contributed by atoms with Crippen LogP contribution in [0.4, 0.5) is 0 Å². The van der Waals surface area contributed by atoms with E-state index in [9.17, 15) is 9.90 Å². The van der Waals surface area contributed by atoms with Crippen LogP contribution in [0.15, 0.2) is 9.85 Å². The Morgan fingerprint density at radius 1 is 1.56 bits per heavy atom. The highest BCUT2D eigenvalue weighted by Crippen LogP contribution is 2.27. The van der Waals surface area contributed by atoms with Crippen LogP contribution in [-0.4, -0.2) is 23.7 Å². The van der Waals surface area contributed by atoms with E-state index in [0.717, 1.165) is 39.9 Å². The van der Waals surface area contributed by atoms with Gasteiger partial charge < -0.3 is 10.4 Å². The number of aliphatic hydroxyl groups excluding tert-OH is 1. The molecule has 100 valence electrons. The Labute approximate surface area is 120 Å². The average Bonchev–Trinajstić information content (AvgIpc) is 2.68. The van der Waals surface area contributed by atoms with E-state index in [1.807, 2.05) is 13.0 Å². The number of halogens is 1. The zero-order chi connectivity index (χ0) is 13.1. The first-order valence-corrected chi connectivity index (χ1v) is 7.91. The maximum absolute atomic E-state index is 12.0. The Balaban J connectivity index is 1.88. The number of hydrogen-bond acceptors (Lipinski definition) is 3. The van der Waals surface area contributed by atoms with Gasteiger partial charge in [0.05, 0.1) is 14.8 Å². The number of aryl methyl sites for hydroxylation is 1. The standard InChI is InChI=1S/C13H18BrNO2S/c1-8-6-11(18-12(8)14)13(17)15-7-9-4-2-3-5-10(9)16/h6,9-10,16H,2-5,7H2,1H3,(H,15,17). The van der Waals surface area contributed by atoms with Crippen molar-refractivity contribution in [1.82, 2.24) is 5.32 Å². The van der Waals surface area contributed by atoms with Gasteiger partial charge in [-0.3, -0.25) is 4.79 Å². The van der Waals surface area contributed by atoms with Crippen molar-refractivity contribution in [2.24, 2.45) is 5.92 Å². The topological polar surface area (TPSA) is 49.3 Å². The maximum Gasteiger partial charge on any atom is 0.261 e. The van der Waals surface area contributed by atoms with Crippen molar-refractivity contribution in [2.75, 3.05) is 6.54 Å². The lowest BCUT2D eigenvalue weighted by molar-refractivity contribution is 0.0664. The summed E-state index contributed by atoms with van der Waals surface area (Å²) in [6, 6.07) is 1.89. The van der Waals surface area contributed by atoms with Gasteiger partial charge in [-0.05, 0) is 47.3 Å². The van der Waals surface area contributed by atoms with Gasteiger partial charge >= 0.3 is 0 Å². The second-order valence-electron chi connectivity index (χ2n) is 4.89. The number of carbonyl (C=O) groups excluding carboxylic acids is 1. The lowest BCUT2D eigenvalue weighted by Gasteiger charge is -2.27. The van der Waals surface area contributed by atoms with Gasteiger partial charge in [-0.1, -0.05) is 12.8 Å². The summed E-state index contributed by atoms with van der Waals surface area (Å²) in [4.78, 5) is 12.7. The molecule has 2 unspecified atom stereocenters. The molecule has 2 rings (SSSR count). The number of amides is 1. The van der Waals surface area contributed by atoms with Crippen LogP contribution < -0.4 is 5.32 Å². The van der Waals surface area contributed by atoms with E-state index in [4.69, 9.17) is 0 Å². The molecular formula is C13H18BrNO2S. The summed E-state index contributed by atoms with van der Waals surface area (Å²) in [5, 5.41) is 12.8. The van der Waals surface area contributed by atoms with Gasteiger partial charge in [-0.25, -0.2) is 0 Å². The molecule has 1 heterocycles. The molecule has 2 N–H and O–H groups in total. The van der Waals surface area contributed by atoms with E-state index in [0.29, 0.717) is 6.54 Å². The highest BCUT2D eigenvalue weighted by atomic mass is 79.9. The molecule has 5 heteroatoms. The summed E-state index contributed by atoms with van der Waals surface area (Å²) in [7, 11) is 0. The molecule has 0 bridgehead atoms. The van der Waals surface area contributed by atoms with Gasteiger partial charge in [0.1, 0.15) is 0 Å². The second kappa shape index (κ2) is 6.17. The van der Waals surface area contributed by atoms with Crippen LogP contribution in [-0.2, 0) is 0 Å². The summed E-state index contributed by atoms with van der Waals surface area (Å²) in [6.07, 6.45) is 3.87. The monoisotopic (exact) mass is 331 g/mol. The smallest absolute Gasteiger partial charge is 0.261 e. The van der Waals surface area contributed by atoms with Gasteiger partial charge in [0, 0.05) is 12.5 Å². The van der Waals surface area contributed by atoms with Gasteiger partial charge in [-0.2, -0.15) is 0 Å². The molecule has 0 saturated heterocycles. The van der Waals surface area contributed by atoms with Crippen molar-refractivity contribution in [3.05, 3.63) is 20.3 Å². The first-order chi connectivity index (χ1) is 8.58.